The summed E-state index contributed by atoms with van der Waals surface area (Å²) < 4.78 is 23.7. The molecule has 2 aromatic carbocycles. The first-order valence-corrected chi connectivity index (χ1v) is 9.02. The summed E-state index contributed by atoms with van der Waals surface area (Å²) in [4.78, 5) is 0. The SMILES string of the molecule is OC1O[C@]2(COCc3ccccc3)CCOC1C2OCc1ccccc1. The lowest BCUT2D eigenvalue weighted by Crippen LogP contribution is -2.53. The Labute approximate surface area is 153 Å². The first-order chi connectivity index (χ1) is 12.8. The monoisotopic (exact) mass is 356 g/mol. The van der Waals surface area contributed by atoms with E-state index >= 15 is 0 Å². The fraction of sp³-hybridized carbons (Fsp3) is 0.429. The van der Waals surface area contributed by atoms with Crippen molar-refractivity contribution in [1.82, 2.24) is 0 Å². The molecule has 5 heteroatoms. The Hall–Kier alpha value is -1.76. The van der Waals surface area contributed by atoms with Crippen LogP contribution in [-0.4, -0.2) is 42.4 Å². The maximum absolute atomic E-state index is 10.3. The Balaban J connectivity index is 1.42. The van der Waals surface area contributed by atoms with Crippen molar-refractivity contribution in [3.63, 3.8) is 0 Å². The quantitative estimate of drug-likeness (QED) is 0.827. The molecule has 0 aliphatic carbocycles. The molecule has 4 atom stereocenters. The number of rotatable bonds is 7. The van der Waals surface area contributed by atoms with E-state index in [-0.39, 0.29) is 6.10 Å². The Morgan fingerprint density at radius 3 is 2.31 bits per heavy atom. The van der Waals surface area contributed by atoms with Crippen LogP contribution in [0.2, 0.25) is 0 Å². The van der Waals surface area contributed by atoms with Gasteiger partial charge in [0.25, 0.3) is 0 Å². The van der Waals surface area contributed by atoms with Crippen LogP contribution in [-0.2, 0) is 32.2 Å². The van der Waals surface area contributed by atoms with Crippen molar-refractivity contribution >= 4 is 0 Å². The van der Waals surface area contributed by atoms with E-state index in [0.717, 1.165) is 11.1 Å². The smallest absolute Gasteiger partial charge is 0.184 e. The van der Waals surface area contributed by atoms with Crippen LogP contribution in [0.1, 0.15) is 17.5 Å². The van der Waals surface area contributed by atoms with Gasteiger partial charge < -0.3 is 24.1 Å². The normalized spacial score (nSPS) is 30.4. The van der Waals surface area contributed by atoms with Crippen molar-refractivity contribution < 1.29 is 24.1 Å². The van der Waals surface area contributed by atoms with Gasteiger partial charge in [0.2, 0.25) is 0 Å². The average Bonchev–Trinajstić information content (AvgIpc) is 2.82. The molecule has 2 aromatic rings. The van der Waals surface area contributed by atoms with Crippen molar-refractivity contribution in [3.8, 4) is 0 Å². The molecule has 0 radical (unpaired) electrons. The molecule has 0 saturated carbocycles. The predicted octanol–water partition coefficient (Wildman–Crippen LogP) is 2.66. The maximum atomic E-state index is 10.3. The topological polar surface area (TPSA) is 57.2 Å². The lowest BCUT2D eigenvalue weighted by Gasteiger charge is -2.38. The van der Waals surface area contributed by atoms with E-state index in [9.17, 15) is 5.11 Å². The zero-order chi connectivity index (χ0) is 17.8. The minimum atomic E-state index is -0.987. The number of hydrogen-bond acceptors (Lipinski definition) is 5. The van der Waals surface area contributed by atoms with E-state index in [2.05, 4.69) is 0 Å². The van der Waals surface area contributed by atoms with Gasteiger partial charge in [-0.1, -0.05) is 60.7 Å². The number of ether oxygens (including phenoxy) is 4. The van der Waals surface area contributed by atoms with Crippen LogP contribution in [0.3, 0.4) is 0 Å². The number of aliphatic hydroxyl groups is 1. The highest BCUT2D eigenvalue weighted by atomic mass is 16.7. The molecule has 2 heterocycles. The molecule has 3 unspecified atom stereocenters. The minimum Gasteiger partial charge on any atom is -0.374 e. The summed E-state index contributed by atoms with van der Waals surface area (Å²) in [6.45, 7) is 1.83. The fourth-order valence-electron chi connectivity index (χ4n) is 3.67. The van der Waals surface area contributed by atoms with Gasteiger partial charge in [-0.25, -0.2) is 0 Å². The van der Waals surface area contributed by atoms with E-state index in [1.54, 1.807) is 0 Å². The molecule has 2 bridgehead atoms. The first-order valence-electron chi connectivity index (χ1n) is 9.02. The third-order valence-electron chi connectivity index (χ3n) is 5.02. The second-order valence-corrected chi connectivity index (χ2v) is 6.85. The Morgan fingerprint density at radius 2 is 1.62 bits per heavy atom. The third-order valence-corrected chi connectivity index (χ3v) is 5.02. The average molecular weight is 356 g/mol. The van der Waals surface area contributed by atoms with Gasteiger partial charge in [-0.05, 0) is 11.1 Å². The molecular weight excluding hydrogens is 332 g/mol. The van der Waals surface area contributed by atoms with Crippen LogP contribution < -0.4 is 0 Å². The molecule has 4 rings (SSSR count). The number of benzene rings is 2. The van der Waals surface area contributed by atoms with Gasteiger partial charge in [-0.2, -0.15) is 0 Å². The molecular formula is C21H24O5. The molecule has 2 aliphatic rings. The molecule has 138 valence electrons. The van der Waals surface area contributed by atoms with Crippen LogP contribution in [0.5, 0.6) is 0 Å². The molecule has 1 N–H and O–H groups in total. The molecule has 26 heavy (non-hydrogen) atoms. The second kappa shape index (κ2) is 7.86. The van der Waals surface area contributed by atoms with Crippen molar-refractivity contribution in [1.29, 1.82) is 0 Å². The molecule has 5 nitrogen and oxygen atoms in total. The van der Waals surface area contributed by atoms with E-state index in [1.807, 2.05) is 60.7 Å². The van der Waals surface area contributed by atoms with Crippen LogP contribution in [0, 0.1) is 0 Å². The summed E-state index contributed by atoms with van der Waals surface area (Å²) in [6.07, 6.45) is -1.19. The highest BCUT2D eigenvalue weighted by molar-refractivity contribution is 5.15. The highest BCUT2D eigenvalue weighted by Gasteiger charge is 2.59. The third kappa shape index (κ3) is 3.68. The summed E-state index contributed by atoms with van der Waals surface area (Å²) in [6, 6.07) is 20.0. The molecule has 2 fully saturated rings. The van der Waals surface area contributed by atoms with Crippen molar-refractivity contribution in [2.45, 2.75) is 43.7 Å². The zero-order valence-electron chi connectivity index (χ0n) is 14.6. The van der Waals surface area contributed by atoms with E-state index in [0.29, 0.717) is 32.8 Å². The van der Waals surface area contributed by atoms with Crippen molar-refractivity contribution in [3.05, 3.63) is 71.8 Å². The van der Waals surface area contributed by atoms with E-state index in [4.69, 9.17) is 18.9 Å². The van der Waals surface area contributed by atoms with Gasteiger partial charge in [0, 0.05) is 6.42 Å². The molecule has 0 aromatic heterocycles. The summed E-state index contributed by atoms with van der Waals surface area (Å²) in [5.74, 6) is 0. The largest absolute Gasteiger partial charge is 0.374 e. The zero-order valence-corrected chi connectivity index (χ0v) is 14.6. The molecule has 0 spiro atoms. The minimum absolute atomic E-state index is 0.359. The fourth-order valence-corrected chi connectivity index (χ4v) is 3.67. The summed E-state index contributed by atoms with van der Waals surface area (Å²) in [7, 11) is 0. The lowest BCUT2D eigenvalue weighted by molar-refractivity contribution is -0.187. The van der Waals surface area contributed by atoms with Gasteiger partial charge in [0.05, 0.1) is 26.4 Å². The van der Waals surface area contributed by atoms with E-state index in [1.165, 1.54) is 0 Å². The van der Waals surface area contributed by atoms with Gasteiger partial charge in [0.1, 0.15) is 17.8 Å². The van der Waals surface area contributed by atoms with Gasteiger partial charge in [-0.15, -0.1) is 0 Å². The standard InChI is InChI=1S/C21H24O5/c22-20-18-19(25-14-17-9-5-2-6-10-17)21(26-20,11-12-24-18)15-23-13-16-7-3-1-4-8-16/h1-10,18-20,22H,11-15H2/t18?,19?,20?,21-/m0/s1. The summed E-state index contributed by atoms with van der Waals surface area (Å²) >= 11 is 0. The molecule has 2 saturated heterocycles. The number of hydrogen-bond donors (Lipinski definition) is 1. The summed E-state index contributed by atoms with van der Waals surface area (Å²) in [5.41, 5.74) is 1.51. The molecule has 0 amide bonds. The van der Waals surface area contributed by atoms with Gasteiger partial charge >= 0.3 is 0 Å². The Kier molecular flexibility index (Phi) is 5.33. The number of fused-ring (bicyclic) bond motifs is 2. The second-order valence-electron chi connectivity index (χ2n) is 6.85. The Bertz CT molecular complexity index is 692. The van der Waals surface area contributed by atoms with Crippen LogP contribution in [0.4, 0.5) is 0 Å². The Morgan fingerprint density at radius 1 is 0.962 bits per heavy atom. The van der Waals surface area contributed by atoms with Gasteiger partial charge in [-0.3, -0.25) is 0 Å². The van der Waals surface area contributed by atoms with Crippen molar-refractivity contribution in [2.24, 2.45) is 0 Å². The predicted molar refractivity (Wildman–Crippen MR) is 95.3 cm³/mol. The number of aliphatic hydroxyl groups excluding tert-OH is 1. The van der Waals surface area contributed by atoms with E-state index < -0.39 is 18.0 Å². The lowest BCUT2D eigenvalue weighted by atomic mass is 9.90. The highest BCUT2D eigenvalue weighted by Crippen LogP contribution is 2.41. The first kappa shape index (κ1) is 17.6. The summed E-state index contributed by atoms with van der Waals surface area (Å²) in [5, 5.41) is 10.3. The van der Waals surface area contributed by atoms with Crippen LogP contribution in [0.15, 0.2) is 60.7 Å². The maximum Gasteiger partial charge on any atom is 0.184 e. The van der Waals surface area contributed by atoms with Crippen molar-refractivity contribution in [2.75, 3.05) is 13.2 Å². The molecule has 2 aliphatic heterocycles. The van der Waals surface area contributed by atoms with Crippen LogP contribution in [0.25, 0.3) is 0 Å². The van der Waals surface area contributed by atoms with Gasteiger partial charge in [0.15, 0.2) is 6.29 Å². The van der Waals surface area contributed by atoms with Crippen LogP contribution >= 0.6 is 0 Å².